The Morgan fingerprint density at radius 2 is 1.53 bits per heavy atom. The number of unbranched alkanes of at least 4 members (excludes halogenated alkanes) is 5. The highest BCUT2D eigenvalue weighted by molar-refractivity contribution is 7.85. The third-order valence-electron chi connectivity index (χ3n) is 2.99. The highest BCUT2D eigenvalue weighted by Crippen LogP contribution is 2.18. The van der Waals surface area contributed by atoms with E-state index < -0.39 is 15.8 Å². The smallest absolute Gasteiger partial charge is 0.261 e. The maximum Gasteiger partial charge on any atom is 0.261 e. The summed E-state index contributed by atoms with van der Waals surface area (Å²) in [5.74, 6) is 0.202. The Hall–Kier alpha value is -0.170. The van der Waals surface area contributed by atoms with Crippen LogP contribution in [0.5, 0.6) is 0 Å². The Balaban J connectivity index is 0. The van der Waals surface area contributed by atoms with Crippen LogP contribution < -0.4 is 5.73 Å². The van der Waals surface area contributed by atoms with Gasteiger partial charge in [-0.15, -0.1) is 0 Å². The van der Waals surface area contributed by atoms with Crippen molar-refractivity contribution in [3.8, 4) is 0 Å². The minimum absolute atomic E-state index is 0.202. The zero-order valence-corrected chi connectivity index (χ0v) is 13.5. The van der Waals surface area contributed by atoms with Gasteiger partial charge in [-0.1, -0.05) is 52.4 Å². The molecule has 0 radical (unpaired) electrons. The van der Waals surface area contributed by atoms with Crippen LogP contribution in [0.4, 0.5) is 0 Å². The van der Waals surface area contributed by atoms with E-state index >= 15 is 0 Å². The van der Waals surface area contributed by atoms with Crippen LogP contribution in [0, 0.1) is 5.92 Å². The quantitative estimate of drug-likeness (QED) is 0.363. The molecule has 0 saturated heterocycles. The Bertz CT molecular complexity index is 288. The van der Waals surface area contributed by atoms with Crippen LogP contribution in [0.3, 0.4) is 0 Å². The molecular formula is C13H31NO4S. The summed E-state index contributed by atoms with van der Waals surface area (Å²) >= 11 is 0. The molecule has 0 heterocycles. The summed E-state index contributed by atoms with van der Waals surface area (Å²) in [6, 6.07) is 0. The molecule has 0 aliphatic heterocycles. The van der Waals surface area contributed by atoms with E-state index in [0.29, 0.717) is 6.26 Å². The lowest BCUT2D eigenvalue weighted by Crippen LogP contribution is -2.42. The molecule has 0 spiro atoms. The molecule has 0 bridgehead atoms. The maximum atomic E-state index is 9.50. The van der Waals surface area contributed by atoms with E-state index in [2.05, 4.69) is 6.92 Å². The summed E-state index contributed by atoms with van der Waals surface area (Å²) in [5, 5.41) is 9.50. The molecule has 2 unspecified atom stereocenters. The van der Waals surface area contributed by atoms with E-state index in [0.717, 1.165) is 6.42 Å². The van der Waals surface area contributed by atoms with Crippen LogP contribution in [0.15, 0.2) is 0 Å². The van der Waals surface area contributed by atoms with E-state index in [1.54, 1.807) is 6.92 Å². The fourth-order valence-corrected chi connectivity index (χ4v) is 1.52. The van der Waals surface area contributed by atoms with Gasteiger partial charge < -0.3 is 10.8 Å². The summed E-state index contributed by atoms with van der Waals surface area (Å²) in [4.78, 5) is 0. The largest absolute Gasteiger partial charge is 0.376 e. The first-order valence-corrected chi connectivity index (χ1v) is 8.77. The van der Waals surface area contributed by atoms with E-state index in [1.165, 1.54) is 38.5 Å². The first-order chi connectivity index (χ1) is 8.48. The lowest BCUT2D eigenvalue weighted by molar-refractivity contribution is 0.00810. The fraction of sp³-hybridized carbons (Fsp3) is 1.00. The number of hydrogen-bond donors (Lipinski definition) is 3. The van der Waals surface area contributed by atoms with Crippen molar-refractivity contribution in [1.82, 2.24) is 0 Å². The summed E-state index contributed by atoms with van der Waals surface area (Å²) in [6.45, 7) is 5.94. The van der Waals surface area contributed by atoms with Gasteiger partial charge in [-0.3, -0.25) is 4.55 Å². The molecule has 0 aliphatic carbocycles. The van der Waals surface area contributed by atoms with Gasteiger partial charge in [0.2, 0.25) is 0 Å². The molecule has 118 valence electrons. The number of aliphatic hydroxyl groups is 1. The Morgan fingerprint density at radius 1 is 1.16 bits per heavy atom. The molecule has 0 aromatic rings. The highest BCUT2D eigenvalue weighted by atomic mass is 32.2. The molecule has 0 fully saturated rings. The molecule has 0 rings (SSSR count). The number of rotatable bonds is 8. The second-order valence-electron chi connectivity index (χ2n) is 5.42. The SMILES string of the molecule is CCCCCCCCC(C)C(C)(N)O.CS(=O)(=O)O. The summed E-state index contributed by atoms with van der Waals surface area (Å²) in [6.07, 6.45) is 9.55. The van der Waals surface area contributed by atoms with Crippen LogP contribution in [0.2, 0.25) is 0 Å². The molecule has 2 atom stereocenters. The van der Waals surface area contributed by atoms with Gasteiger partial charge in [-0.05, 0) is 19.3 Å². The lowest BCUT2D eigenvalue weighted by atomic mass is 9.93. The third kappa shape index (κ3) is 23.4. The molecule has 19 heavy (non-hydrogen) atoms. The molecule has 0 aliphatic rings. The second kappa shape index (κ2) is 10.6. The van der Waals surface area contributed by atoms with Crippen molar-refractivity contribution >= 4 is 10.1 Å². The van der Waals surface area contributed by atoms with Crippen molar-refractivity contribution in [2.24, 2.45) is 11.7 Å². The Kier molecular flexibility index (Phi) is 11.8. The molecule has 0 saturated carbocycles. The van der Waals surface area contributed by atoms with Gasteiger partial charge in [0.25, 0.3) is 10.1 Å². The Morgan fingerprint density at radius 3 is 1.89 bits per heavy atom. The molecule has 4 N–H and O–H groups in total. The second-order valence-corrected chi connectivity index (χ2v) is 6.88. The van der Waals surface area contributed by atoms with E-state index in [9.17, 15) is 13.5 Å². The first kappa shape index (κ1) is 21.1. The summed E-state index contributed by atoms with van der Waals surface area (Å²) in [5.41, 5.74) is 4.60. The zero-order chi connectivity index (χ0) is 15.5. The van der Waals surface area contributed by atoms with Gasteiger partial charge in [0.15, 0.2) is 0 Å². The molecule has 5 nitrogen and oxygen atoms in total. The average Bonchev–Trinajstić information content (AvgIpc) is 2.19. The van der Waals surface area contributed by atoms with Gasteiger partial charge in [0.05, 0.1) is 6.26 Å². The van der Waals surface area contributed by atoms with Crippen molar-refractivity contribution in [1.29, 1.82) is 0 Å². The van der Waals surface area contributed by atoms with Gasteiger partial charge in [-0.2, -0.15) is 8.42 Å². The molecule has 0 aromatic carbocycles. The average molecular weight is 297 g/mol. The molecule has 0 aromatic heterocycles. The predicted molar refractivity (Wildman–Crippen MR) is 79.4 cm³/mol. The first-order valence-electron chi connectivity index (χ1n) is 6.92. The van der Waals surface area contributed by atoms with Crippen molar-refractivity contribution in [2.75, 3.05) is 6.26 Å². The monoisotopic (exact) mass is 297 g/mol. The molecule has 6 heteroatoms. The topological polar surface area (TPSA) is 101 Å². The van der Waals surface area contributed by atoms with Crippen molar-refractivity contribution in [3.05, 3.63) is 0 Å². The Labute approximate surface area is 118 Å². The predicted octanol–water partition coefficient (Wildman–Crippen LogP) is 2.54. The van der Waals surface area contributed by atoms with Crippen molar-refractivity contribution in [3.63, 3.8) is 0 Å². The third-order valence-corrected chi connectivity index (χ3v) is 2.99. The maximum absolute atomic E-state index is 9.50. The number of nitrogens with two attached hydrogens (primary N) is 1. The standard InChI is InChI=1S/C12H27NO.CH4O3S/c1-4-5-6-7-8-9-10-11(2)12(3,13)14;1-5(2,3)4/h11,14H,4-10,13H2,1-3H3;1H3,(H,2,3,4). The van der Waals surface area contributed by atoms with Crippen LogP contribution in [-0.2, 0) is 10.1 Å². The van der Waals surface area contributed by atoms with Crippen LogP contribution >= 0.6 is 0 Å². The molecule has 0 amide bonds. The van der Waals surface area contributed by atoms with Crippen LogP contribution in [-0.4, -0.2) is 30.1 Å². The van der Waals surface area contributed by atoms with Gasteiger partial charge in [0.1, 0.15) is 5.72 Å². The van der Waals surface area contributed by atoms with Crippen LogP contribution in [0.25, 0.3) is 0 Å². The van der Waals surface area contributed by atoms with Gasteiger partial charge >= 0.3 is 0 Å². The summed E-state index contributed by atoms with van der Waals surface area (Å²) in [7, 11) is -3.67. The summed E-state index contributed by atoms with van der Waals surface area (Å²) < 4.78 is 25.9. The van der Waals surface area contributed by atoms with Crippen molar-refractivity contribution < 1.29 is 18.1 Å². The zero-order valence-electron chi connectivity index (χ0n) is 12.7. The van der Waals surface area contributed by atoms with Crippen LogP contribution in [0.1, 0.15) is 65.7 Å². The minimum atomic E-state index is -3.67. The fourth-order valence-electron chi connectivity index (χ4n) is 1.52. The van der Waals surface area contributed by atoms with E-state index in [1.807, 2.05) is 6.92 Å². The molecular weight excluding hydrogens is 266 g/mol. The van der Waals surface area contributed by atoms with Crippen molar-refractivity contribution in [2.45, 2.75) is 71.4 Å². The highest BCUT2D eigenvalue weighted by Gasteiger charge is 2.21. The lowest BCUT2D eigenvalue weighted by Gasteiger charge is -2.25. The van der Waals surface area contributed by atoms with Gasteiger partial charge in [-0.25, -0.2) is 0 Å². The van der Waals surface area contributed by atoms with E-state index in [-0.39, 0.29) is 5.92 Å². The minimum Gasteiger partial charge on any atom is -0.376 e. The van der Waals surface area contributed by atoms with E-state index in [4.69, 9.17) is 10.3 Å². The normalized spacial score (nSPS) is 16.2. The van der Waals surface area contributed by atoms with Gasteiger partial charge in [0, 0.05) is 0 Å². The number of hydrogen-bond acceptors (Lipinski definition) is 4.